The molecule has 5 heteroatoms. The molecule has 3 rings (SSSR count). The third kappa shape index (κ3) is 2.57. The van der Waals surface area contributed by atoms with Crippen LogP contribution in [0.15, 0.2) is 55.1 Å². The summed E-state index contributed by atoms with van der Waals surface area (Å²) in [6.45, 7) is 0. The molecule has 1 aliphatic rings. The molecular weight excluding hydrogens is 430 g/mol. The fourth-order valence-electron chi connectivity index (χ4n) is 1.65. The number of hydrogen-bond donors (Lipinski definition) is 1. The third-order valence-electron chi connectivity index (χ3n) is 2.39. The molecule has 0 radical (unpaired) electrons. The number of hydrogen-bond acceptors (Lipinski definition) is 2. The molecule has 0 amide bonds. The van der Waals surface area contributed by atoms with Crippen LogP contribution in [-0.2, 0) is 0 Å². The smallest absolute Gasteiger partial charge is 0.0537 e. The molecule has 0 saturated heterocycles. The Morgan fingerprint density at radius 2 is 1.82 bits per heavy atom. The molecule has 2 aromatic carbocycles. The van der Waals surface area contributed by atoms with Gasteiger partial charge in [0.05, 0.1) is 11.4 Å². The highest BCUT2D eigenvalue weighted by Crippen LogP contribution is 2.47. The molecule has 1 N–H and O–H groups in total. The summed E-state index contributed by atoms with van der Waals surface area (Å²) in [6, 6.07) is 12.5. The summed E-state index contributed by atoms with van der Waals surface area (Å²) >= 11 is 8.86. The van der Waals surface area contributed by atoms with E-state index in [9.17, 15) is 0 Å². The molecule has 1 heterocycles. The molecule has 0 spiro atoms. The Hall–Kier alpha value is 0.0300. The Balaban J connectivity index is 0.00000108. The van der Waals surface area contributed by atoms with Crippen LogP contribution in [0.2, 0.25) is 0 Å². The van der Waals surface area contributed by atoms with Crippen LogP contribution in [0.5, 0.6) is 0 Å². The Labute approximate surface area is 131 Å². The van der Waals surface area contributed by atoms with E-state index in [0.717, 1.165) is 14.6 Å². The van der Waals surface area contributed by atoms with Gasteiger partial charge < -0.3 is 5.32 Å². The minimum atomic E-state index is 0. The highest BCUT2D eigenvalue weighted by Gasteiger charge is 2.17. The van der Waals surface area contributed by atoms with Crippen molar-refractivity contribution in [3.05, 3.63) is 45.3 Å². The van der Waals surface area contributed by atoms with Crippen molar-refractivity contribution >= 4 is 72.0 Å². The normalized spacial score (nSPS) is 11.9. The first-order chi connectivity index (χ1) is 7.74. The Morgan fingerprint density at radius 1 is 1.00 bits per heavy atom. The van der Waals surface area contributed by atoms with Gasteiger partial charge >= 0.3 is 0 Å². The van der Waals surface area contributed by atoms with Crippen molar-refractivity contribution in [3.8, 4) is 0 Å². The van der Waals surface area contributed by atoms with Crippen LogP contribution in [-0.4, -0.2) is 0 Å². The van der Waals surface area contributed by atoms with E-state index in [1.54, 1.807) is 11.8 Å². The fourth-order valence-corrected chi connectivity index (χ4v) is 3.80. The van der Waals surface area contributed by atoms with Gasteiger partial charge in [-0.15, -0.1) is 17.0 Å². The summed E-state index contributed by atoms with van der Waals surface area (Å²) in [7, 11) is 0. The number of benzene rings is 2. The van der Waals surface area contributed by atoms with Gasteiger partial charge in [-0.25, -0.2) is 0 Å². The highest BCUT2D eigenvalue weighted by atomic mass is 79.9. The van der Waals surface area contributed by atoms with Gasteiger partial charge in [0.15, 0.2) is 0 Å². The molecule has 0 saturated carbocycles. The van der Waals surface area contributed by atoms with Crippen LogP contribution in [0, 0.1) is 0 Å². The predicted molar refractivity (Wildman–Crippen MR) is 86.0 cm³/mol. The zero-order chi connectivity index (χ0) is 11.1. The van der Waals surface area contributed by atoms with E-state index in [2.05, 4.69) is 67.5 Å². The summed E-state index contributed by atoms with van der Waals surface area (Å²) in [5, 5.41) is 3.44. The molecule has 0 aliphatic carbocycles. The molecule has 0 fully saturated rings. The first kappa shape index (κ1) is 13.5. The van der Waals surface area contributed by atoms with Gasteiger partial charge in [0.2, 0.25) is 0 Å². The van der Waals surface area contributed by atoms with Crippen LogP contribution in [0.3, 0.4) is 0 Å². The molecule has 0 unspecified atom stereocenters. The Kier molecular flexibility index (Phi) is 4.23. The number of halogens is 3. The monoisotopic (exact) mass is 435 g/mol. The summed E-state index contributed by atoms with van der Waals surface area (Å²) < 4.78 is 2.24. The van der Waals surface area contributed by atoms with Crippen LogP contribution in [0.1, 0.15) is 0 Å². The lowest BCUT2D eigenvalue weighted by molar-refractivity contribution is 1.29. The number of anilines is 2. The van der Waals surface area contributed by atoms with E-state index in [1.165, 1.54) is 15.5 Å². The Bertz CT molecular complexity index is 572. The maximum atomic E-state index is 3.58. The van der Waals surface area contributed by atoms with Crippen molar-refractivity contribution < 1.29 is 0 Å². The fraction of sp³-hybridized carbons (Fsp3) is 0. The first-order valence-corrected chi connectivity index (χ1v) is 7.17. The second kappa shape index (κ2) is 5.34. The average Bonchev–Trinajstić information content (AvgIpc) is 2.28. The van der Waals surface area contributed by atoms with Gasteiger partial charge in [-0.3, -0.25) is 0 Å². The van der Waals surface area contributed by atoms with E-state index in [4.69, 9.17) is 0 Å². The minimum absolute atomic E-state index is 0. The zero-order valence-electron chi connectivity index (χ0n) is 8.54. The summed E-state index contributed by atoms with van der Waals surface area (Å²) in [6.07, 6.45) is 0. The SMILES string of the molecule is Br.Brc1ccc2c(c1)Sc1c(Br)cccc1N2. The molecule has 17 heavy (non-hydrogen) atoms. The molecule has 88 valence electrons. The summed E-state index contributed by atoms with van der Waals surface area (Å²) in [5.41, 5.74) is 2.33. The van der Waals surface area contributed by atoms with Crippen molar-refractivity contribution in [3.63, 3.8) is 0 Å². The standard InChI is InChI=1S/C12H7Br2NS.BrH/c13-7-4-5-9-11(6-7)16-12-8(14)2-1-3-10(12)15-9;/h1-6,15H;1H. The minimum Gasteiger partial charge on any atom is -0.354 e. The van der Waals surface area contributed by atoms with Crippen LogP contribution in [0.4, 0.5) is 11.4 Å². The van der Waals surface area contributed by atoms with E-state index in [0.29, 0.717) is 0 Å². The lowest BCUT2D eigenvalue weighted by Gasteiger charge is -2.21. The highest BCUT2D eigenvalue weighted by molar-refractivity contribution is 9.10. The second-order valence-corrected chi connectivity index (χ2v) is 6.31. The third-order valence-corrected chi connectivity index (χ3v) is 5.01. The Morgan fingerprint density at radius 3 is 2.65 bits per heavy atom. The zero-order valence-corrected chi connectivity index (χ0v) is 14.2. The lowest BCUT2D eigenvalue weighted by Crippen LogP contribution is -1.99. The van der Waals surface area contributed by atoms with Crippen LogP contribution < -0.4 is 5.32 Å². The largest absolute Gasteiger partial charge is 0.354 e. The van der Waals surface area contributed by atoms with E-state index >= 15 is 0 Å². The summed E-state index contributed by atoms with van der Waals surface area (Å²) in [5.74, 6) is 0. The van der Waals surface area contributed by atoms with E-state index in [1.807, 2.05) is 6.07 Å². The van der Waals surface area contributed by atoms with Gasteiger partial charge in [-0.05, 0) is 46.3 Å². The second-order valence-electron chi connectivity index (χ2n) is 3.48. The average molecular weight is 438 g/mol. The maximum Gasteiger partial charge on any atom is 0.0537 e. The van der Waals surface area contributed by atoms with E-state index in [-0.39, 0.29) is 17.0 Å². The van der Waals surface area contributed by atoms with Crippen molar-refractivity contribution in [2.75, 3.05) is 5.32 Å². The van der Waals surface area contributed by atoms with Crippen molar-refractivity contribution in [2.24, 2.45) is 0 Å². The quantitative estimate of drug-likeness (QED) is 0.463. The van der Waals surface area contributed by atoms with Gasteiger partial charge in [-0.1, -0.05) is 33.8 Å². The molecule has 2 aromatic rings. The lowest BCUT2D eigenvalue weighted by atomic mass is 10.2. The van der Waals surface area contributed by atoms with Crippen LogP contribution in [0.25, 0.3) is 0 Å². The number of nitrogens with one attached hydrogen (secondary N) is 1. The molecule has 0 atom stereocenters. The van der Waals surface area contributed by atoms with Gasteiger partial charge in [0.25, 0.3) is 0 Å². The van der Waals surface area contributed by atoms with Crippen molar-refractivity contribution in [2.45, 2.75) is 9.79 Å². The molecule has 1 aliphatic heterocycles. The van der Waals surface area contributed by atoms with Gasteiger partial charge in [-0.2, -0.15) is 0 Å². The van der Waals surface area contributed by atoms with E-state index < -0.39 is 0 Å². The number of fused-ring (bicyclic) bond motifs is 2. The molecular formula is C12H8Br3NS. The molecule has 1 nitrogen and oxygen atoms in total. The topological polar surface area (TPSA) is 12.0 Å². The predicted octanol–water partition coefficient (Wildman–Crippen LogP) is 6.00. The van der Waals surface area contributed by atoms with Crippen molar-refractivity contribution in [1.29, 1.82) is 0 Å². The van der Waals surface area contributed by atoms with Gasteiger partial charge in [0.1, 0.15) is 0 Å². The van der Waals surface area contributed by atoms with Crippen molar-refractivity contribution in [1.82, 2.24) is 0 Å². The first-order valence-electron chi connectivity index (χ1n) is 4.77. The van der Waals surface area contributed by atoms with Crippen LogP contribution >= 0.6 is 60.6 Å². The summed E-state index contributed by atoms with van der Waals surface area (Å²) in [4.78, 5) is 2.49. The molecule has 0 bridgehead atoms. The number of rotatable bonds is 0. The van der Waals surface area contributed by atoms with Gasteiger partial charge in [0, 0.05) is 18.7 Å². The molecule has 0 aromatic heterocycles. The maximum absolute atomic E-state index is 3.58.